The largest absolute Gasteiger partial charge is 0.387 e. The van der Waals surface area contributed by atoms with Crippen molar-refractivity contribution in [2.24, 2.45) is 0 Å². The van der Waals surface area contributed by atoms with E-state index in [-0.39, 0.29) is 11.4 Å². The Hall–Kier alpha value is -0.950. The minimum atomic E-state index is -3.51. The van der Waals surface area contributed by atoms with Crippen LogP contribution in [-0.4, -0.2) is 62.1 Å². The van der Waals surface area contributed by atoms with Gasteiger partial charge in [-0.2, -0.15) is 4.31 Å². The summed E-state index contributed by atoms with van der Waals surface area (Å²) in [6, 6.07) is 6.81. The average Bonchev–Trinajstić information content (AvgIpc) is 2.71. The van der Waals surface area contributed by atoms with Crippen LogP contribution in [0.1, 0.15) is 12.0 Å². The van der Waals surface area contributed by atoms with E-state index in [0.29, 0.717) is 19.5 Å². The standard InChI is InChI=1S/C14H22N2O3S/c1-12-4-6-13(7-5-12)20(18,19)16-9-8-14(17,11-16)10-15(2)3/h4-7,17H,8-11H2,1-3H3/t14-/m0/s1. The molecule has 1 atom stereocenters. The van der Waals surface area contributed by atoms with Crippen LogP contribution in [-0.2, 0) is 10.0 Å². The molecule has 0 saturated carbocycles. The quantitative estimate of drug-likeness (QED) is 0.888. The summed E-state index contributed by atoms with van der Waals surface area (Å²) in [4.78, 5) is 2.17. The smallest absolute Gasteiger partial charge is 0.243 e. The highest BCUT2D eigenvalue weighted by Gasteiger charge is 2.41. The number of aliphatic hydroxyl groups is 1. The van der Waals surface area contributed by atoms with Gasteiger partial charge in [-0.25, -0.2) is 8.42 Å². The number of hydrogen-bond acceptors (Lipinski definition) is 4. The molecule has 1 aromatic rings. The van der Waals surface area contributed by atoms with Gasteiger partial charge in [-0.1, -0.05) is 17.7 Å². The van der Waals surface area contributed by atoms with Gasteiger partial charge in [-0.05, 0) is 39.6 Å². The lowest BCUT2D eigenvalue weighted by Crippen LogP contribution is -2.43. The molecule has 0 amide bonds. The number of likely N-dealkylation sites (N-methyl/N-ethyl adjacent to an activating group) is 1. The summed E-state index contributed by atoms with van der Waals surface area (Å²) in [5.41, 5.74) is 0.0656. The van der Waals surface area contributed by atoms with Crippen LogP contribution < -0.4 is 0 Å². The lowest BCUT2D eigenvalue weighted by molar-refractivity contribution is 0.0302. The molecule has 1 fully saturated rings. The second kappa shape index (κ2) is 5.44. The number of aryl methyl sites for hydroxylation is 1. The van der Waals surface area contributed by atoms with Gasteiger partial charge in [-0.3, -0.25) is 0 Å². The molecule has 5 nitrogen and oxygen atoms in total. The fraction of sp³-hybridized carbons (Fsp3) is 0.571. The van der Waals surface area contributed by atoms with Gasteiger partial charge >= 0.3 is 0 Å². The van der Waals surface area contributed by atoms with Crippen LogP contribution in [0.25, 0.3) is 0 Å². The number of hydrogen-bond donors (Lipinski definition) is 1. The Kier molecular flexibility index (Phi) is 4.20. The molecular weight excluding hydrogens is 276 g/mol. The summed E-state index contributed by atoms with van der Waals surface area (Å²) in [6.45, 7) is 2.90. The minimum absolute atomic E-state index is 0.154. The summed E-state index contributed by atoms with van der Waals surface area (Å²) in [7, 11) is 0.233. The second-order valence-electron chi connectivity index (χ2n) is 5.86. The number of benzene rings is 1. The van der Waals surface area contributed by atoms with E-state index in [2.05, 4.69) is 0 Å². The van der Waals surface area contributed by atoms with Crippen molar-refractivity contribution in [1.29, 1.82) is 0 Å². The van der Waals surface area contributed by atoms with Crippen molar-refractivity contribution in [3.63, 3.8) is 0 Å². The highest BCUT2D eigenvalue weighted by atomic mass is 32.2. The maximum absolute atomic E-state index is 12.5. The maximum atomic E-state index is 12.5. The normalized spacial score (nSPS) is 24.4. The van der Waals surface area contributed by atoms with Crippen molar-refractivity contribution < 1.29 is 13.5 Å². The third-order valence-corrected chi connectivity index (χ3v) is 5.43. The molecule has 20 heavy (non-hydrogen) atoms. The van der Waals surface area contributed by atoms with Gasteiger partial charge in [-0.15, -0.1) is 0 Å². The molecule has 1 N–H and O–H groups in total. The fourth-order valence-corrected chi connectivity index (χ4v) is 4.12. The van der Waals surface area contributed by atoms with Gasteiger partial charge in [0, 0.05) is 19.6 Å². The first kappa shape index (κ1) is 15.4. The minimum Gasteiger partial charge on any atom is -0.387 e. The van der Waals surface area contributed by atoms with E-state index in [9.17, 15) is 13.5 Å². The number of nitrogens with zero attached hydrogens (tertiary/aromatic N) is 2. The van der Waals surface area contributed by atoms with Gasteiger partial charge in [0.1, 0.15) is 0 Å². The third-order valence-electron chi connectivity index (χ3n) is 3.57. The van der Waals surface area contributed by atoms with Crippen LogP contribution in [0.2, 0.25) is 0 Å². The van der Waals surface area contributed by atoms with Crippen LogP contribution in [0, 0.1) is 6.92 Å². The van der Waals surface area contributed by atoms with E-state index in [1.165, 1.54) is 4.31 Å². The van der Waals surface area contributed by atoms with E-state index in [1.54, 1.807) is 24.3 Å². The van der Waals surface area contributed by atoms with Crippen molar-refractivity contribution in [3.8, 4) is 0 Å². The molecule has 0 bridgehead atoms. The molecule has 112 valence electrons. The monoisotopic (exact) mass is 298 g/mol. The van der Waals surface area contributed by atoms with E-state index >= 15 is 0 Å². The van der Waals surface area contributed by atoms with Crippen LogP contribution in [0.3, 0.4) is 0 Å². The molecular formula is C14H22N2O3S. The van der Waals surface area contributed by atoms with Crippen LogP contribution in [0.15, 0.2) is 29.2 Å². The van der Waals surface area contributed by atoms with Crippen LogP contribution >= 0.6 is 0 Å². The van der Waals surface area contributed by atoms with Gasteiger partial charge in [0.2, 0.25) is 10.0 Å². The van der Waals surface area contributed by atoms with E-state index in [1.807, 2.05) is 25.9 Å². The average molecular weight is 298 g/mol. The predicted octanol–water partition coefficient (Wildman–Crippen LogP) is 0.682. The summed E-state index contributed by atoms with van der Waals surface area (Å²) in [5, 5.41) is 10.4. The molecule has 1 aromatic carbocycles. The Labute approximate surface area is 120 Å². The van der Waals surface area contributed by atoms with Crippen molar-refractivity contribution in [2.75, 3.05) is 33.7 Å². The molecule has 1 heterocycles. The van der Waals surface area contributed by atoms with E-state index < -0.39 is 15.6 Å². The van der Waals surface area contributed by atoms with Crippen LogP contribution in [0.5, 0.6) is 0 Å². The third kappa shape index (κ3) is 3.20. The Bertz CT molecular complexity index is 569. The summed E-state index contributed by atoms with van der Waals surface area (Å²) >= 11 is 0. The lowest BCUT2D eigenvalue weighted by Gasteiger charge is -2.26. The van der Waals surface area contributed by atoms with Gasteiger partial charge < -0.3 is 10.0 Å². The molecule has 0 radical (unpaired) electrons. The fourth-order valence-electron chi connectivity index (χ4n) is 2.60. The number of rotatable bonds is 4. The first-order chi connectivity index (χ1) is 9.23. The zero-order valence-electron chi connectivity index (χ0n) is 12.2. The summed E-state index contributed by atoms with van der Waals surface area (Å²) in [5.74, 6) is 0. The number of β-amino-alcohol motifs (C(OH)–C–C–N with tert-alkyl or cyclic N) is 1. The molecule has 0 spiro atoms. The molecule has 1 aliphatic heterocycles. The van der Waals surface area contributed by atoms with Gasteiger partial charge in [0.25, 0.3) is 0 Å². The first-order valence-electron chi connectivity index (χ1n) is 6.67. The van der Waals surface area contributed by atoms with Gasteiger partial charge in [0.05, 0.1) is 10.5 Å². The van der Waals surface area contributed by atoms with Crippen molar-refractivity contribution >= 4 is 10.0 Å². The Morgan fingerprint density at radius 2 is 1.90 bits per heavy atom. The highest BCUT2D eigenvalue weighted by Crippen LogP contribution is 2.27. The van der Waals surface area contributed by atoms with E-state index in [0.717, 1.165) is 5.56 Å². The molecule has 0 aliphatic carbocycles. The summed E-state index contributed by atoms with van der Waals surface area (Å²) < 4.78 is 26.4. The Balaban J connectivity index is 2.18. The lowest BCUT2D eigenvalue weighted by atomic mass is 10.0. The first-order valence-corrected chi connectivity index (χ1v) is 8.11. The number of sulfonamides is 1. The highest BCUT2D eigenvalue weighted by molar-refractivity contribution is 7.89. The van der Waals surface area contributed by atoms with E-state index in [4.69, 9.17) is 0 Å². The summed E-state index contributed by atoms with van der Waals surface area (Å²) in [6.07, 6.45) is 0.469. The molecule has 1 saturated heterocycles. The second-order valence-corrected chi connectivity index (χ2v) is 7.80. The zero-order chi connectivity index (χ0) is 15.0. The maximum Gasteiger partial charge on any atom is 0.243 e. The molecule has 0 aromatic heterocycles. The Morgan fingerprint density at radius 3 is 2.45 bits per heavy atom. The van der Waals surface area contributed by atoms with Gasteiger partial charge in [0.15, 0.2) is 0 Å². The van der Waals surface area contributed by atoms with Crippen molar-refractivity contribution in [2.45, 2.75) is 23.8 Å². The van der Waals surface area contributed by atoms with Crippen molar-refractivity contribution in [1.82, 2.24) is 9.21 Å². The topological polar surface area (TPSA) is 60.9 Å². The molecule has 2 rings (SSSR count). The zero-order valence-corrected chi connectivity index (χ0v) is 13.0. The molecule has 1 aliphatic rings. The molecule has 6 heteroatoms. The SMILES string of the molecule is Cc1ccc(S(=O)(=O)N2CC[C@](O)(CN(C)C)C2)cc1. The Morgan fingerprint density at radius 1 is 1.30 bits per heavy atom. The van der Waals surface area contributed by atoms with Crippen molar-refractivity contribution in [3.05, 3.63) is 29.8 Å². The molecule has 0 unspecified atom stereocenters. The van der Waals surface area contributed by atoms with Crippen LogP contribution in [0.4, 0.5) is 0 Å². The predicted molar refractivity (Wildman–Crippen MR) is 78.1 cm³/mol.